The van der Waals surface area contributed by atoms with Gasteiger partial charge in [0, 0.05) is 24.3 Å². The van der Waals surface area contributed by atoms with Crippen molar-refractivity contribution in [3.05, 3.63) is 40.3 Å². The first-order valence-corrected chi connectivity index (χ1v) is 6.02. The van der Waals surface area contributed by atoms with Crippen LogP contribution in [0.1, 0.15) is 11.3 Å². The van der Waals surface area contributed by atoms with E-state index >= 15 is 0 Å². The Morgan fingerprint density at radius 1 is 1.28 bits per heavy atom. The highest BCUT2D eigenvalue weighted by Gasteiger charge is 2.17. The molecule has 18 heavy (non-hydrogen) atoms. The number of rotatable bonds is 2. The van der Waals surface area contributed by atoms with Gasteiger partial charge in [-0.1, -0.05) is 12.1 Å². The predicted molar refractivity (Wildman–Crippen MR) is 71.4 cm³/mol. The highest BCUT2D eigenvalue weighted by Crippen LogP contribution is 2.28. The summed E-state index contributed by atoms with van der Waals surface area (Å²) < 4.78 is 0.440. The van der Waals surface area contributed by atoms with Gasteiger partial charge in [-0.05, 0) is 24.4 Å². The van der Waals surface area contributed by atoms with Gasteiger partial charge in [0.15, 0.2) is 4.77 Å². The van der Waals surface area contributed by atoms with E-state index in [1.807, 2.05) is 6.07 Å². The fraction of sp³-hybridized carbons (Fsp3) is 0.167. The van der Waals surface area contributed by atoms with Crippen LogP contribution in [-0.2, 0) is 13.1 Å². The van der Waals surface area contributed by atoms with Gasteiger partial charge in [0.25, 0.3) is 0 Å². The summed E-state index contributed by atoms with van der Waals surface area (Å²) in [6, 6.07) is 7.05. The second-order valence-corrected chi connectivity index (χ2v) is 4.48. The molecule has 5 nitrogen and oxygen atoms in total. The van der Waals surface area contributed by atoms with Crippen LogP contribution in [0.2, 0.25) is 0 Å². The largest absolute Gasteiger partial charge is 0.506 e. The van der Waals surface area contributed by atoms with Crippen molar-refractivity contribution in [2.24, 2.45) is 0 Å². The normalized spacial score (nSPS) is 13.3. The first kappa shape index (κ1) is 11.2. The second kappa shape index (κ2) is 4.40. The van der Waals surface area contributed by atoms with Crippen LogP contribution in [0, 0.1) is 4.77 Å². The Kier molecular flexibility index (Phi) is 2.73. The Bertz CT molecular complexity index is 653. The monoisotopic (exact) mass is 260 g/mol. The number of aromatic hydroxyl groups is 1. The van der Waals surface area contributed by atoms with Crippen molar-refractivity contribution < 1.29 is 5.11 Å². The second-order valence-electron chi connectivity index (χ2n) is 4.09. The average Bonchev–Trinajstić information content (AvgIpc) is 2.80. The number of hydrogen-bond acceptors (Lipinski definition) is 5. The maximum atomic E-state index is 9.75. The van der Waals surface area contributed by atoms with Crippen molar-refractivity contribution in [3.63, 3.8) is 0 Å². The Balaban J connectivity index is 2.04. The molecule has 0 bridgehead atoms. The number of fused-ring (bicyclic) bond motifs is 1. The number of hydrogen-bond donors (Lipinski definition) is 4. The van der Waals surface area contributed by atoms with Gasteiger partial charge in [-0.2, -0.15) is 0 Å². The first-order chi connectivity index (χ1) is 8.74. The summed E-state index contributed by atoms with van der Waals surface area (Å²) in [6.07, 6.45) is 0. The number of H-pyrrole nitrogens is 1. The molecule has 0 spiro atoms. The van der Waals surface area contributed by atoms with Crippen LogP contribution in [-0.4, -0.2) is 15.1 Å². The Hall–Kier alpha value is -1.92. The molecular weight excluding hydrogens is 248 g/mol. The van der Waals surface area contributed by atoms with Crippen LogP contribution in [0.5, 0.6) is 5.75 Å². The molecule has 0 saturated carbocycles. The summed E-state index contributed by atoms with van der Waals surface area (Å²) in [5.74, 6) is 0.887. The van der Waals surface area contributed by atoms with Crippen molar-refractivity contribution in [1.29, 1.82) is 0 Å². The number of phenolic OH excluding ortho intramolecular Hbond substituents is 1. The number of para-hydroxylation sites is 2. The summed E-state index contributed by atoms with van der Waals surface area (Å²) in [7, 11) is 0. The minimum Gasteiger partial charge on any atom is -0.506 e. The quantitative estimate of drug-likeness (QED) is 0.492. The van der Waals surface area contributed by atoms with Gasteiger partial charge < -0.3 is 20.7 Å². The number of nitrogens with one attached hydrogen (secondary N) is 3. The molecule has 0 radical (unpaired) electrons. The van der Waals surface area contributed by atoms with E-state index in [2.05, 4.69) is 20.6 Å². The van der Waals surface area contributed by atoms with Crippen LogP contribution in [0.4, 0.5) is 11.5 Å². The van der Waals surface area contributed by atoms with Crippen LogP contribution in [0.25, 0.3) is 0 Å². The van der Waals surface area contributed by atoms with Crippen molar-refractivity contribution in [2.45, 2.75) is 13.1 Å². The lowest BCUT2D eigenvalue weighted by Crippen LogP contribution is -2.02. The number of phenols is 1. The van der Waals surface area contributed by atoms with E-state index in [1.165, 1.54) is 0 Å². The minimum absolute atomic E-state index is 0.192. The van der Waals surface area contributed by atoms with E-state index in [1.54, 1.807) is 18.2 Å². The molecule has 1 aromatic heterocycles. The van der Waals surface area contributed by atoms with Crippen molar-refractivity contribution >= 4 is 23.7 Å². The third-order valence-corrected chi connectivity index (χ3v) is 3.08. The van der Waals surface area contributed by atoms with Gasteiger partial charge in [0.05, 0.1) is 5.69 Å². The Morgan fingerprint density at radius 2 is 2.11 bits per heavy atom. The zero-order valence-electron chi connectivity index (χ0n) is 9.53. The molecule has 0 saturated heterocycles. The Morgan fingerprint density at radius 3 is 2.94 bits per heavy atom. The van der Waals surface area contributed by atoms with Crippen molar-refractivity contribution in [3.8, 4) is 5.75 Å². The predicted octanol–water partition coefficient (Wildman–Crippen LogP) is 2.19. The van der Waals surface area contributed by atoms with E-state index in [-0.39, 0.29) is 5.75 Å². The summed E-state index contributed by atoms with van der Waals surface area (Å²) in [5, 5.41) is 16.1. The lowest BCUT2D eigenvalue weighted by atomic mass is 10.2. The van der Waals surface area contributed by atoms with Gasteiger partial charge >= 0.3 is 0 Å². The minimum atomic E-state index is 0.192. The lowest BCUT2D eigenvalue weighted by molar-refractivity contribution is 0.477. The third-order valence-electron chi connectivity index (χ3n) is 2.88. The van der Waals surface area contributed by atoms with Crippen molar-refractivity contribution in [2.75, 3.05) is 5.32 Å². The number of aromatic amines is 1. The molecule has 6 heteroatoms. The molecule has 0 atom stereocenters. The molecular formula is C12H12N4OS. The van der Waals surface area contributed by atoms with E-state index < -0.39 is 0 Å². The standard InChI is InChI=1S/C12H12N4OS/c17-10-4-2-1-3-8(10)14-11-7-5-13-6-9(7)15-12(18)16-11/h1-4,13,17H,5-6H2,(H2,14,15,16,18). The fourth-order valence-electron chi connectivity index (χ4n) is 2.01. The summed E-state index contributed by atoms with van der Waals surface area (Å²) >= 11 is 5.09. The zero-order valence-corrected chi connectivity index (χ0v) is 10.3. The SMILES string of the molecule is Oc1ccccc1Nc1nc(=S)[nH]c2c1CNC2. The highest BCUT2D eigenvalue weighted by atomic mass is 32.1. The Labute approximate surface area is 109 Å². The van der Waals surface area contributed by atoms with Gasteiger partial charge in [0.2, 0.25) is 0 Å². The van der Waals surface area contributed by atoms with Gasteiger partial charge in [-0.3, -0.25) is 0 Å². The topological polar surface area (TPSA) is 73.0 Å². The number of benzene rings is 1. The first-order valence-electron chi connectivity index (χ1n) is 5.62. The summed E-state index contributed by atoms with van der Waals surface area (Å²) in [4.78, 5) is 7.35. The lowest BCUT2D eigenvalue weighted by Gasteiger charge is -2.10. The molecule has 1 aliphatic heterocycles. The van der Waals surface area contributed by atoms with E-state index in [9.17, 15) is 5.11 Å². The zero-order chi connectivity index (χ0) is 12.5. The molecule has 2 heterocycles. The van der Waals surface area contributed by atoms with Gasteiger partial charge in [0.1, 0.15) is 11.6 Å². The molecule has 92 valence electrons. The van der Waals surface area contributed by atoms with E-state index in [0.717, 1.165) is 24.3 Å². The fourth-order valence-corrected chi connectivity index (χ4v) is 2.22. The number of aromatic nitrogens is 2. The van der Waals surface area contributed by atoms with Gasteiger partial charge in [-0.25, -0.2) is 4.98 Å². The maximum absolute atomic E-state index is 9.75. The molecule has 1 aliphatic rings. The number of anilines is 2. The van der Waals surface area contributed by atoms with E-state index in [4.69, 9.17) is 12.2 Å². The molecule has 0 fully saturated rings. The smallest absolute Gasteiger partial charge is 0.199 e. The number of nitrogens with zero attached hydrogens (tertiary/aromatic N) is 1. The molecule has 2 aromatic rings. The molecule has 0 aliphatic carbocycles. The molecule has 0 unspecified atom stereocenters. The molecule has 4 N–H and O–H groups in total. The summed E-state index contributed by atoms with van der Waals surface area (Å²) in [5.41, 5.74) is 2.74. The molecule has 0 amide bonds. The molecule has 1 aromatic carbocycles. The highest BCUT2D eigenvalue weighted by molar-refractivity contribution is 7.71. The average molecular weight is 260 g/mol. The summed E-state index contributed by atoms with van der Waals surface area (Å²) in [6.45, 7) is 1.50. The third kappa shape index (κ3) is 1.96. The van der Waals surface area contributed by atoms with Crippen LogP contribution < -0.4 is 10.6 Å². The van der Waals surface area contributed by atoms with Crippen LogP contribution >= 0.6 is 12.2 Å². The van der Waals surface area contributed by atoms with Gasteiger partial charge in [-0.15, -0.1) is 0 Å². The van der Waals surface area contributed by atoms with Crippen LogP contribution in [0.15, 0.2) is 24.3 Å². The van der Waals surface area contributed by atoms with Crippen LogP contribution in [0.3, 0.4) is 0 Å². The van der Waals surface area contributed by atoms with Crippen molar-refractivity contribution in [1.82, 2.24) is 15.3 Å². The molecule has 3 rings (SSSR count). The van der Waals surface area contributed by atoms with E-state index in [0.29, 0.717) is 16.3 Å². The maximum Gasteiger partial charge on any atom is 0.199 e.